The highest BCUT2D eigenvalue weighted by Gasteiger charge is 2.18. The molecule has 1 atom stereocenters. The average molecular weight is 383 g/mol. The summed E-state index contributed by atoms with van der Waals surface area (Å²) in [4.78, 5) is 33.1. The molecule has 1 N–H and O–H groups in total. The number of benzene rings is 1. The molecular formula is C19H17N3O4S. The lowest BCUT2D eigenvalue weighted by Gasteiger charge is -2.13. The maximum absolute atomic E-state index is 12.3. The maximum atomic E-state index is 12.3. The number of thiophene rings is 1. The lowest BCUT2D eigenvalue weighted by molar-refractivity contribution is -0.151. The molecule has 0 aliphatic rings. The molecule has 2 aromatic heterocycles. The van der Waals surface area contributed by atoms with Gasteiger partial charge in [0.1, 0.15) is 10.6 Å². The number of H-pyrrole nitrogens is 1. The van der Waals surface area contributed by atoms with E-state index in [2.05, 4.69) is 9.97 Å². The van der Waals surface area contributed by atoms with Crippen LogP contribution in [0.3, 0.4) is 0 Å². The third-order valence-corrected chi connectivity index (χ3v) is 5.19. The van der Waals surface area contributed by atoms with E-state index in [9.17, 15) is 9.59 Å². The number of nitrogens with one attached hydrogen (secondary N) is 1. The first-order valence-electron chi connectivity index (χ1n) is 8.21. The van der Waals surface area contributed by atoms with Gasteiger partial charge < -0.3 is 14.5 Å². The Bertz CT molecular complexity index is 1090. The molecule has 0 unspecified atom stereocenters. The van der Waals surface area contributed by atoms with E-state index >= 15 is 0 Å². The number of hydrogen-bond acceptors (Lipinski definition) is 7. The highest BCUT2D eigenvalue weighted by Crippen LogP contribution is 2.26. The fraction of sp³-hybridized carbons (Fsp3) is 0.263. The first kappa shape index (κ1) is 18.6. The van der Waals surface area contributed by atoms with Crippen molar-refractivity contribution in [3.63, 3.8) is 0 Å². The number of aryl methyl sites for hydroxylation is 2. The summed E-state index contributed by atoms with van der Waals surface area (Å²) in [5.74, 6) is 0.157. The normalized spacial score (nSPS) is 11.8. The number of nitrogens with zero attached hydrogens (tertiary/aromatic N) is 2. The molecule has 3 aromatic rings. The van der Waals surface area contributed by atoms with E-state index in [1.54, 1.807) is 31.2 Å². The predicted molar refractivity (Wildman–Crippen MR) is 101 cm³/mol. The maximum Gasteiger partial charge on any atom is 0.344 e. The van der Waals surface area contributed by atoms with Crippen molar-refractivity contribution in [2.45, 2.75) is 26.9 Å². The molecule has 138 valence electrons. The third-order valence-electron chi connectivity index (χ3n) is 4.09. The molecule has 8 heteroatoms. The summed E-state index contributed by atoms with van der Waals surface area (Å²) in [6.07, 6.45) is -0.720. The fourth-order valence-electron chi connectivity index (χ4n) is 2.52. The number of carbonyl (C=O) groups is 1. The van der Waals surface area contributed by atoms with Gasteiger partial charge in [0, 0.05) is 4.88 Å². The van der Waals surface area contributed by atoms with Gasteiger partial charge in [-0.2, -0.15) is 5.26 Å². The molecule has 3 rings (SSSR count). The summed E-state index contributed by atoms with van der Waals surface area (Å²) in [7, 11) is 0. The minimum atomic E-state index is -0.720. The van der Waals surface area contributed by atoms with Crippen LogP contribution in [0.1, 0.15) is 34.9 Å². The molecule has 0 radical (unpaired) electrons. The number of carbonyl (C=O) groups excluding carboxylic acids is 1. The van der Waals surface area contributed by atoms with E-state index in [1.165, 1.54) is 11.3 Å². The summed E-state index contributed by atoms with van der Waals surface area (Å²) in [6.45, 7) is 5.16. The molecule has 2 heterocycles. The molecule has 0 saturated heterocycles. The van der Waals surface area contributed by atoms with Crippen molar-refractivity contribution in [1.82, 2.24) is 9.97 Å². The Balaban J connectivity index is 1.66. The standard InChI is InChI=1S/C19H17N3O4S/c1-10-12(3)27-19-16(10)18(24)21-17(22-19)11(2)26-15(23)9-25-14-6-4-13(8-20)5-7-14/h4-7,11H,9H2,1-3H3,(H,21,22,24)/t11-/m1/s1. The van der Waals surface area contributed by atoms with E-state index < -0.39 is 12.1 Å². The van der Waals surface area contributed by atoms with Gasteiger partial charge in [0.2, 0.25) is 0 Å². The van der Waals surface area contributed by atoms with Gasteiger partial charge in [-0.3, -0.25) is 4.79 Å². The zero-order valence-electron chi connectivity index (χ0n) is 15.0. The fourth-order valence-corrected chi connectivity index (χ4v) is 3.56. The number of esters is 1. The smallest absolute Gasteiger partial charge is 0.344 e. The summed E-state index contributed by atoms with van der Waals surface area (Å²) >= 11 is 1.43. The Morgan fingerprint density at radius 2 is 2.04 bits per heavy atom. The Morgan fingerprint density at radius 1 is 1.33 bits per heavy atom. The molecule has 7 nitrogen and oxygen atoms in total. The second-order valence-corrected chi connectivity index (χ2v) is 7.17. The van der Waals surface area contributed by atoms with Gasteiger partial charge in [0.05, 0.1) is 17.0 Å². The van der Waals surface area contributed by atoms with Gasteiger partial charge in [-0.05, 0) is 50.6 Å². The van der Waals surface area contributed by atoms with Crippen LogP contribution in [0.5, 0.6) is 5.75 Å². The van der Waals surface area contributed by atoms with Crippen molar-refractivity contribution in [3.05, 3.63) is 56.4 Å². The van der Waals surface area contributed by atoms with Gasteiger partial charge in [0.25, 0.3) is 5.56 Å². The van der Waals surface area contributed by atoms with E-state index in [0.29, 0.717) is 27.4 Å². The molecule has 1 aromatic carbocycles. The first-order chi connectivity index (χ1) is 12.9. The van der Waals surface area contributed by atoms with Crippen molar-refractivity contribution in [3.8, 4) is 11.8 Å². The van der Waals surface area contributed by atoms with Crippen LogP contribution >= 0.6 is 11.3 Å². The van der Waals surface area contributed by atoms with E-state index in [4.69, 9.17) is 14.7 Å². The largest absolute Gasteiger partial charge is 0.482 e. The number of ether oxygens (including phenoxy) is 2. The second-order valence-electron chi connectivity index (χ2n) is 5.97. The highest BCUT2D eigenvalue weighted by molar-refractivity contribution is 7.18. The zero-order valence-corrected chi connectivity index (χ0v) is 15.8. The summed E-state index contributed by atoms with van der Waals surface area (Å²) in [6, 6.07) is 8.40. The minimum absolute atomic E-state index is 0.242. The molecule has 0 amide bonds. The second kappa shape index (κ2) is 7.60. The van der Waals surface area contributed by atoms with Crippen LogP contribution in [0.25, 0.3) is 10.2 Å². The van der Waals surface area contributed by atoms with Crippen molar-refractivity contribution >= 4 is 27.5 Å². The minimum Gasteiger partial charge on any atom is -0.482 e. The molecule has 0 fully saturated rings. The van der Waals surface area contributed by atoms with Crippen LogP contribution in [-0.2, 0) is 9.53 Å². The Labute approximate surface area is 159 Å². The lowest BCUT2D eigenvalue weighted by atomic mass is 10.2. The molecule has 0 spiro atoms. The van der Waals surface area contributed by atoms with E-state index in [-0.39, 0.29) is 12.2 Å². The molecule has 0 saturated carbocycles. The van der Waals surface area contributed by atoms with Crippen LogP contribution in [-0.4, -0.2) is 22.5 Å². The molecular weight excluding hydrogens is 366 g/mol. The topological polar surface area (TPSA) is 105 Å². The van der Waals surface area contributed by atoms with E-state index in [1.807, 2.05) is 19.9 Å². The van der Waals surface area contributed by atoms with Gasteiger partial charge >= 0.3 is 5.97 Å². The number of nitriles is 1. The predicted octanol–water partition coefficient (Wildman–Crippen LogP) is 3.16. The zero-order chi connectivity index (χ0) is 19.6. The summed E-state index contributed by atoms with van der Waals surface area (Å²) < 4.78 is 10.6. The van der Waals surface area contributed by atoms with Gasteiger partial charge in [-0.15, -0.1) is 11.3 Å². The van der Waals surface area contributed by atoms with Crippen molar-refractivity contribution in [1.29, 1.82) is 5.26 Å². The SMILES string of the molecule is Cc1sc2nc([C@@H](C)OC(=O)COc3ccc(C#N)cc3)[nH]c(=O)c2c1C. The van der Waals surface area contributed by atoms with Crippen molar-refractivity contribution in [2.75, 3.05) is 6.61 Å². The van der Waals surface area contributed by atoms with Crippen LogP contribution in [0, 0.1) is 25.2 Å². The Morgan fingerprint density at radius 3 is 2.70 bits per heavy atom. The Hall–Kier alpha value is -3.18. The number of aromatic nitrogens is 2. The lowest BCUT2D eigenvalue weighted by Crippen LogP contribution is -2.20. The van der Waals surface area contributed by atoms with Crippen molar-refractivity contribution in [2.24, 2.45) is 0 Å². The van der Waals surface area contributed by atoms with Crippen LogP contribution in [0.2, 0.25) is 0 Å². The molecule has 0 bridgehead atoms. The quantitative estimate of drug-likeness (QED) is 0.679. The van der Waals surface area contributed by atoms with Gasteiger partial charge in [-0.1, -0.05) is 0 Å². The average Bonchev–Trinajstić information content (AvgIpc) is 2.94. The van der Waals surface area contributed by atoms with Gasteiger partial charge in [-0.25, -0.2) is 9.78 Å². The van der Waals surface area contributed by atoms with Gasteiger partial charge in [0.15, 0.2) is 18.5 Å². The molecule has 27 heavy (non-hydrogen) atoms. The third kappa shape index (κ3) is 3.99. The van der Waals surface area contributed by atoms with Crippen LogP contribution in [0.15, 0.2) is 29.1 Å². The van der Waals surface area contributed by atoms with Crippen LogP contribution < -0.4 is 10.3 Å². The molecule has 0 aliphatic carbocycles. The number of fused-ring (bicyclic) bond motifs is 1. The monoisotopic (exact) mass is 383 g/mol. The number of aromatic amines is 1. The highest BCUT2D eigenvalue weighted by atomic mass is 32.1. The van der Waals surface area contributed by atoms with E-state index in [0.717, 1.165) is 10.4 Å². The van der Waals surface area contributed by atoms with Crippen LogP contribution in [0.4, 0.5) is 0 Å². The molecule has 0 aliphatic heterocycles. The summed E-state index contributed by atoms with van der Waals surface area (Å²) in [5.41, 5.74) is 1.17. The van der Waals surface area contributed by atoms with Crippen molar-refractivity contribution < 1.29 is 14.3 Å². The Kier molecular flexibility index (Phi) is 5.23. The number of hydrogen-bond donors (Lipinski definition) is 1. The first-order valence-corrected chi connectivity index (χ1v) is 9.03. The summed E-state index contributed by atoms with van der Waals surface area (Å²) in [5, 5.41) is 9.33. The number of rotatable bonds is 5.